The predicted octanol–water partition coefficient (Wildman–Crippen LogP) is 5.10. The van der Waals surface area contributed by atoms with E-state index in [9.17, 15) is 23.6 Å². The van der Waals surface area contributed by atoms with Gasteiger partial charge in [-0.25, -0.2) is 14.2 Å². The summed E-state index contributed by atoms with van der Waals surface area (Å²) in [5.41, 5.74) is 2.04. The molecule has 246 valence electrons. The van der Waals surface area contributed by atoms with Crippen molar-refractivity contribution in [3.8, 4) is 11.4 Å². The largest absolute Gasteiger partial charge is 0.444 e. The van der Waals surface area contributed by atoms with Gasteiger partial charge in [0, 0.05) is 5.56 Å². The minimum atomic E-state index is -1.07. The van der Waals surface area contributed by atoms with Crippen molar-refractivity contribution in [1.82, 2.24) is 25.1 Å². The van der Waals surface area contributed by atoms with E-state index in [0.717, 1.165) is 27.5 Å². The van der Waals surface area contributed by atoms with Gasteiger partial charge in [0.1, 0.15) is 30.5 Å². The van der Waals surface area contributed by atoms with Gasteiger partial charge in [-0.3, -0.25) is 24.3 Å². The third-order valence-electron chi connectivity index (χ3n) is 7.28. The minimum Gasteiger partial charge on any atom is -0.444 e. The molecule has 0 aliphatic heterocycles. The Morgan fingerprint density at radius 1 is 0.958 bits per heavy atom. The maximum atomic E-state index is 13.7. The average molecular weight is 653 g/mol. The van der Waals surface area contributed by atoms with E-state index in [0.29, 0.717) is 12.0 Å². The van der Waals surface area contributed by atoms with Crippen LogP contribution in [-0.2, 0) is 29.1 Å². The van der Waals surface area contributed by atoms with Gasteiger partial charge in [0.2, 0.25) is 17.6 Å². The average Bonchev–Trinajstić information content (AvgIpc) is 3.53. The highest BCUT2D eigenvalue weighted by Gasteiger charge is 2.30. The van der Waals surface area contributed by atoms with Gasteiger partial charge in [-0.15, -0.1) is 10.2 Å². The predicted molar refractivity (Wildman–Crippen MR) is 174 cm³/mol. The molecule has 48 heavy (non-hydrogen) atoms. The van der Waals surface area contributed by atoms with E-state index >= 15 is 0 Å². The zero-order valence-corrected chi connectivity index (χ0v) is 26.5. The number of hydrogen-bond donors (Lipinski definition) is 2. The Morgan fingerprint density at radius 3 is 2.40 bits per heavy atom. The zero-order valence-electron chi connectivity index (χ0n) is 26.5. The van der Waals surface area contributed by atoms with E-state index < -0.39 is 47.7 Å². The first-order valence-corrected chi connectivity index (χ1v) is 15.1. The Kier molecular flexibility index (Phi) is 10.5. The molecular weight excluding hydrogens is 619 g/mol. The second-order valence-corrected chi connectivity index (χ2v) is 11.4. The molecule has 2 amide bonds. The van der Waals surface area contributed by atoms with Crippen LogP contribution >= 0.6 is 0 Å². The van der Waals surface area contributed by atoms with Gasteiger partial charge in [0.15, 0.2) is 0 Å². The molecule has 3 aromatic carbocycles. The van der Waals surface area contributed by atoms with Crippen molar-refractivity contribution in [2.75, 3.05) is 5.32 Å². The van der Waals surface area contributed by atoms with E-state index in [-0.39, 0.29) is 29.9 Å². The SMILES string of the molecule is Cc1cccc(Cc2nnc(C(=O)[C@H](NC(=O)Cn3c(-c4ccc(F)cc4)ncc(NC(=O)OCc4ccccc4)c3=O)C(C)C)o2)c1. The molecule has 0 aliphatic carbocycles. The fraction of sp³-hybridized carbons (Fsp3) is 0.229. The Bertz CT molecular complexity index is 1970. The fourth-order valence-corrected chi connectivity index (χ4v) is 4.88. The third-order valence-corrected chi connectivity index (χ3v) is 7.28. The molecule has 0 fully saturated rings. The molecule has 2 N–H and O–H groups in total. The number of nitrogens with one attached hydrogen (secondary N) is 2. The summed E-state index contributed by atoms with van der Waals surface area (Å²) in [6.07, 6.45) is 0.548. The second-order valence-electron chi connectivity index (χ2n) is 11.4. The topological polar surface area (TPSA) is 158 Å². The fourth-order valence-electron chi connectivity index (χ4n) is 4.88. The number of ether oxygens (including phenoxy) is 1. The van der Waals surface area contributed by atoms with Crippen molar-refractivity contribution in [3.05, 3.63) is 130 Å². The lowest BCUT2D eigenvalue weighted by atomic mass is 9.99. The number of benzene rings is 3. The highest BCUT2D eigenvalue weighted by Crippen LogP contribution is 2.19. The molecule has 0 saturated carbocycles. The van der Waals surface area contributed by atoms with Crippen LogP contribution < -0.4 is 16.2 Å². The van der Waals surface area contributed by atoms with Gasteiger partial charge >= 0.3 is 6.09 Å². The van der Waals surface area contributed by atoms with Crippen LogP contribution in [0.5, 0.6) is 0 Å². The molecule has 2 aromatic heterocycles. The maximum Gasteiger partial charge on any atom is 0.412 e. The molecule has 0 radical (unpaired) electrons. The summed E-state index contributed by atoms with van der Waals surface area (Å²) in [5.74, 6) is -2.20. The molecular formula is C35H33FN6O6. The molecule has 2 heterocycles. The van der Waals surface area contributed by atoms with Crippen molar-refractivity contribution in [2.24, 2.45) is 5.92 Å². The molecule has 5 aromatic rings. The van der Waals surface area contributed by atoms with E-state index in [1.807, 2.05) is 37.3 Å². The Balaban J connectivity index is 1.34. The number of halogens is 1. The molecule has 0 unspecified atom stereocenters. The summed E-state index contributed by atoms with van der Waals surface area (Å²) in [6.45, 7) is 4.80. The summed E-state index contributed by atoms with van der Waals surface area (Å²) in [6, 6.07) is 20.8. The van der Waals surface area contributed by atoms with Crippen LogP contribution in [0.1, 0.15) is 47.1 Å². The Hall–Kier alpha value is -5.98. The summed E-state index contributed by atoms with van der Waals surface area (Å²) in [7, 11) is 0. The van der Waals surface area contributed by atoms with Crippen molar-refractivity contribution in [2.45, 2.75) is 46.4 Å². The Morgan fingerprint density at radius 2 is 1.69 bits per heavy atom. The summed E-state index contributed by atoms with van der Waals surface area (Å²) in [5, 5.41) is 13.0. The van der Waals surface area contributed by atoms with Crippen LogP contribution in [0.2, 0.25) is 0 Å². The standard InChI is InChI=1S/C35H33FN6O6/c1-21(2)30(31(44)33-41-40-29(48-33)17-24-11-7-8-22(3)16-24)39-28(43)19-42-32(25-12-14-26(36)15-13-25)37-18-27(34(42)45)38-35(46)47-20-23-9-5-4-6-10-23/h4-16,18,21,30H,17,19-20H2,1-3H3,(H,38,46)(H,39,43)/t30-/m1/s1. The lowest BCUT2D eigenvalue weighted by molar-refractivity contribution is -0.122. The monoisotopic (exact) mass is 652 g/mol. The van der Waals surface area contributed by atoms with Crippen LogP contribution in [0.3, 0.4) is 0 Å². The number of aryl methyl sites for hydroxylation is 1. The number of carbonyl (C=O) groups is 3. The number of hydrogen-bond acceptors (Lipinski definition) is 9. The minimum absolute atomic E-state index is 0.0310. The number of carbonyl (C=O) groups excluding carboxylic acids is 3. The quantitative estimate of drug-likeness (QED) is 0.175. The number of anilines is 1. The number of aromatic nitrogens is 4. The van der Waals surface area contributed by atoms with Crippen molar-refractivity contribution in [3.63, 3.8) is 0 Å². The van der Waals surface area contributed by atoms with Crippen LogP contribution in [0.25, 0.3) is 11.4 Å². The molecule has 0 aliphatic rings. The van der Waals surface area contributed by atoms with Gasteiger partial charge in [0.25, 0.3) is 11.4 Å². The number of rotatable bonds is 12. The molecule has 0 spiro atoms. The third kappa shape index (κ3) is 8.43. The smallest absolute Gasteiger partial charge is 0.412 e. The Labute approximate surface area is 275 Å². The summed E-state index contributed by atoms with van der Waals surface area (Å²) >= 11 is 0. The lowest BCUT2D eigenvalue weighted by Crippen LogP contribution is -2.46. The summed E-state index contributed by atoms with van der Waals surface area (Å²) < 4.78 is 25.6. The van der Waals surface area contributed by atoms with E-state index in [2.05, 4.69) is 25.8 Å². The highest BCUT2D eigenvalue weighted by molar-refractivity contribution is 5.98. The lowest BCUT2D eigenvalue weighted by Gasteiger charge is -2.20. The zero-order chi connectivity index (χ0) is 34.2. The van der Waals surface area contributed by atoms with Crippen LogP contribution in [0.15, 0.2) is 94.3 Å². The van der Waals surface area contributed by atoms with Crippen LogP contribution in [-0.4, -0.2) is 43.6 Å². The van der Waals surface area contributed by atoms with Gasteiger partial charge < -0.3 is 14.5 Å². The molecule has 0 bridgehead atoms. The van der Waals surface area contributed by atoms with E-state index in [1.165, 1.54) is 24.3 Å². The first kappa shape index (κ1) is 33.4. The van der Waals surface area contributed by atoms with Gasteiger partial charge in [0.05, 0.1) is 18.7 Å². The normalized spacial score (nSPS) is 11.6. The summed E-state index contributed by atoms with van der Waals surface area (Å²) in [4.78, 5) is 57.3. The van der Waals surface area contributed by atoms with Crippen molar-refractivity contribution < 1.29 is 27.9 Å². The van der Waals surface area contributed by atoms with Gasteiger partial charge in [-0.1, -0.05) is 74.0 Å². The van der Waals surface area contributed by atoms with E-state index in [1.54, 1.807) is 38.1 Å². The first-order valence-electron chi connectivity index (χ1n) is 15.1. The highest BCUT2D eigenvalue weighted by atomic mass is 19.1. The number of amides is 2. The van der Waals surface area contributed by atoms with Gasteiger partial charge in [-0.2, -0.15) is 0 Å². The molecule has 1 atom stereocenters. The van der Waals surface area contributed by atoms with Crippen LogP contribution in [0, 0.1) is 18.7 Å². The second kappa shape index (κ2) is 15.1. The van der Waals surface area contributed by atoms with Crippen molar-refractivity contribution in [1.29, 1.82) is 0 Å². The van der Waals surface area contributed by atoms with Gasteiger partial charge in [-0.05, 0) is 48.2 Å². The number of nitrogens with zero attached hydrogens (tertiary/aromatic N) is 4. The number of ketones is 1. The van der Waals surface area contributed by atoms with Crippen LogP contribution in [0.4, 0.5) is 14.9 Å². The molecule has 12 nitrogen and oxygen atoms in total. The van der Waals surface area contributed by atoms with Crippen molar-refractivity contribution >= 4 is 23.5 Å². The molecule has 13 heteroatoms. The molecule has 5 rings (SSSR count). The maximum absolute atomic E-state index is 13.7. The first-order chi connectivity index (χ1) is 23.1. The van der Waals surface area contributed by atoms with E-state index in [4.69, 9.17) is 9.15 Å². The number of Topliss-reactive ketones (excluding diaryl/α,β-unsaturated/α-hetero) is 1. The molecule has 0 saturated heterocycles.